The average Bonchev–Trinajstić information content (AvgIpc) is 3.08. The van der Waals surface area contributed by atoms with Crippen LogP contribution >= 0.6 is 0 Å². The Kier molecular flexibility index (Phi) is 3.73. The van der Waals surface area contributed by atoms with Gasteiger partial charge in [-0.2, -0.15) is 18.3 Å². The van der Waals surface area contributed by atoms with Crippen molar-refractivity contribution in [3.05, 3.63) is 54.5 Å². The highest BCUT2D eigenvalue weighted by molar-refractivity contribution is 5.62. The van der Waals surface area contributed by atoms with E-state index < -0.39 is 11.9 Å². The number of methoxy groups -OCH3 is 1. The number of halogens is 3. The molecule has 0 aliphatic heterocycles. The molecule has 0 radical (unpaired) electrons. The van der Waals surface area contributed by atoms with Crippen LogP contribution in [0.5, 0.6) is 5.75 Å². The molecule has 0 amide bonds. The fourth-order valence-electron chi connectivity index (χ4n) is 2.00. The fraction of sp³-hybridized carbons (Fsp3) is 0.133. The van der Waals surface area contributed by atoms with Gasteiger partial charge in [0.25, 0.3) is 5.95 Å². The molecule has 0 atom stereocenters. The molecular formula is C15H11F3N4O. The zero-order chi connectivity index (χ0) is 16.4. The van der Waals surface area contributed by atoms with Gasteiger partial charge in [-0.25, -0.2) is 14.6 Å². The number of ether oxygens (including phenoxy) is 1. The standard InChI is InChI=1S/C15H11F3N4O/c1-23-11-5-2-4-10(8-11)12-9-13(15(16,17)18)21-14(20-12)22-7-3-6-19-22/h2-9H,1H3. The normalized spacial score (nSPS) is 11.5. The summed E-state index contributed by atoms with van der Waals surface area (Å²) in [5, 5.41) is 3.88. The molecule has 1 aromatic carbocycles. The van der Waals surface area contributed by atoms with Crippen LogP contribution in [0.2, 0.25) is 0 Å². The van der Waals surface area contributed by atoms with Crippen molar-refractivity contribution in [1.29, 1.82) is 0 Å². The lowest BCUT2D eigenvalue weighted by Gasteiger charge is -2.11. The largest absolute Gasteiger partial charge is 0.497 e. The fourth-order valence-corrected chi connectivity index (χ4v) is 2.00. The van der Waals surface area contributed by atoms with Gasteiger partial charge in [-0.05, 0) is 24.3 Å². The minimum atomic E-state index is -4.58. The smallest absolute Gasteiger partial charge is 0.433 e. The molecule has 0 bridgehead atoms. The molecule has 2 aromatic heterocycles. The summed E-state index contributed by atoms with van der Waals surface area (Å²) in [5.41, 5.74) is -0.404. The maximum Gasteiger partial charge on any atom is 0.433 e. The summed E-state index contributed by atoms with van der Waals surface area (Å²) in [4.78, 5) is 7.72. The Morgan fingerprint density at radius 1 is 1.09 bits per heavy atom. The highest BCUT2D eigenvalue weighted by Crippen LogP contribution is 2.31. The summed E-state index contributed by atoms with van der Waals surface area (Å²) in [6.45, 7) is 0. The first-order valence-corrected chi connectivity index (χ1v) is 6.58. The van der Waals surface area contributed by atoms with Crippen LogP contribution in [0.15, 0.2) is 48.8 Å². The summed E-state index contributed by atoms with van der Waals surface area (Å²) in [7, 11) is 1.48. The highest BCUT2D eigenvalue weighted by atomic mass is 19.4. The maximum atomic E-state index is 13.1. The first kappa shape index (κ1) is 15.0. The molecule has 3 rings (SSSR count). The lowest BCUT2D eigenvalue weighted by atomic mass is 10.1. The van der Waals surface area contributed by atoms with Gasteiger partial charge < -0.3 is 4.74 Å². The second-order valence-electron chi connectivity index (χ2n) is 4.62. The van der Waals surface area contributed by atoms with Gasteiger partial charge in [-0.3, -0.25) is 0 Å². The van der Waals surface area contributed by atoms with Crippen LogP contribution in [0.3, 0.4) is 0 Å². The van der Waals surface area contributed by atoms with Crippen LogP contribution in [-0.2, 0) is 6.18 Å². The van der Waals surface area contributed by atoms with Gasteiger partial charge in [0.15, 0.2) is 5.69 Å². The summed E-state index contributed by atoms with van der Waals surface area (Å²) in [6, 6.07) is 9.12. The topological polar surface area (TPSA) is 52.8 Å². The molecule has 0 spiro atoms. The zero-order valence-corrected chi connectivity index (χ0v) is 11.9. The Morgan fingerprint density at radius 2 is 1.91 bits per heavy atom. The number of aromatic nitrogens is 4. The van der Waals surface area contributed by atoms with Gasteiger partial charge in [0.2, 0.25) is 0 Å². The molecule has 0 N–H and O–H groups in total. The van der Waals surface area contributed by atoms with E-state index in [1.807, 2.05) is 0 Å². The van der Waals surface area contributed by atoms with Crippen molar-refractivity contribution in [3.63, 3.8) is 0 Å². The van der Waals surface area contributed by atoms with Crippen molar-refractivity contribution in [1.82, 2.24) is 19.7 Å². The van der Waals surface area contributed by atoms with E-state index in [1.165, 1.54) is 24.2 Å². The van der Waals surface area contributed by atoms with Gasteiger partial charge >= 0.3 is 6.18 Å². The molecule has 118 valence electrons. The monoisotopic (exact) mass is 320 g/mol. The second kappa shape index (κ2) is 5.71. The second-order valence-corrected chi connectivity index (χ2v) is 4.62. The Bertz CT molecular complexity index is 816. The molecule has 0 aliphatic rings. The van der Waals surface area contributed by atoms with Crippen molar-refractivity contribution in [3.8, 4) is 23.0 Å². The third-order valence-corrected chi connectivity index (χ3v) is 3.08. The van der Waals surface area contributed by atoms with Crippen LogP contribution in [0.4, 0.5) is 13.2 Å². The minimum absolute atomic E-state index is 0.136. The molecule has 0 aliphatic carbocycles. The van der Waals surface area contributed by atoms with E-state index in [-0.39, 0.29) is 11.6 Å². The molecule has 0 fully saturated rings. The molecule has 0 saturated heterocycles. The van der Waals surface area contributed by atoms with E-state index in [0.717, 1.165) is 6.07 Å². The first-order valence-electron chi connectivity index (χ1n) is 6.58. The van der Waals surface area contributed by atoms with E-state index in [2.05, 4.69) is 15.1 Å². The number of alkyl halides is 3. The lowest BCUT2D eigenvalue weighted by molar-refractivity contribution is -0.141. The van der Waals surface area contributed by atoms with Crippen LogP contribution in [0.25, 0.3) is 17.2 Å². The third-order valence-electron chi connectivity index (χ3n) is 3.08. The Labute approximate surface area is 129 Å². The highest BCUT2D eigenvalue weighted by Gasteiger charge is 2.34. The maximum absolute atomic E-state index is 13.1. The van der Waals surface area contributed by atoms with Crippen molar-refractivity contribution < 1.29 is 17.9 Å². The van der Waals surface area contributed by atoms with Gasteiger partial charge in [0, 0.05) is 18.0 Å². The van der Waals surface area contributed by atoms with Gasteiger partial charge in [-0.15, -0.1) is 0 Å². The van der Waals surface area contributed by atoms with Crippen molar-refractivity contribution in [2.75, 3.05) is 7.11 Å². The zero-order valence-electron chi connectivity index (χ0n) is 11.9. The van der Waals surface area contributed by atoms with Crippen LogP contribution in [0.1, 0.15) is 5.69 Å². The quantitative estimate of drug-likeness (QED) is 0.742. The van der Waals surface area contributed by atoms with Gasteiger partial charge in [0.05, 0.1) is 12.8 Å². The molecule has 0 saturated carbocycles. The van der Waals surface area contributed by atoms with E-state index in [0.29, 0.717) is 11.3 Å². The van der Waals surface area contributed by atoms with E-state index in [4.69, 9.17) is 4.74 Å². The number of benzene rings is 1. The molecular weight excluding hydrogens is 309 g/mol. The molecule has 3 aromatic rings. The first-order chi connectivity index (χ1) is 11.0. The summed E-state index contributed by atoms with van der Waals surface area (Å²) < 4.78 is 45.6. The Balaban J connectivity index is 2.17. The number of hydrogen-bond donors (Lipinski definition) is 0. The summed E-state index contributed by atoms with van der Waals surface area (Å²) in [5.74, 6) is 0.373. The van der Waals surface area contributed by atoms with Gasteiger partial charge in [0.1, 0.15) is 5.75 Å². The predicted octanol–water partition coefficient (Wildman–Crippen LogP) is 3.36. The summed E-state index contributed by atoms with van der Waals surface area (Å²) >= 11 is 0. The van der Waals surface area contributed by atoms with Crippen molar-refractivity contribution in [2.45, 2.75) is 6.18 Å². The number of rotatable bonds is 3. The van der Waals surface area contributed by atoms with E-state index >= 15 is 0 Å². The Hall–Kier alpha value is -2.90. The minimum Gasteiger partial charge on any atom is -0.497 e. The predicted molar refractivity (Wildman–Crippen MR) is 76.1 cm³/mol. The molecule has 23 heavy (non-hydrogen) atoms. The van der Waals surface area contributed by atoms with Gasteiger partial charge in [-0.1, -0.05) is 12.1 Å². The number of nitrogens with zero attached hydrogens (tertiary/aromatic N) is 4. The number of hydrogen-bond acceptors (Lipinski definition) is 4. The van der Waals surface area contributed by atoms with E-state index in [9.17, 15) is 13.2 Å². The van der Waals surface area contributed by atoms with E-state index in [1.54, 1.807) is 30.3 Å². The van der Waals surface area contributed by atoms with Crippen LogP contribution in [0, 0.1) is 0 Å². The van der Waals surface area contributed by atoms with Crippen LogP contribution in [-0.4, -0.2) is 26.9 Å². The SMILES string of the molecule is COc1cccc(-c2cc(C(F)(F)F)nc(-n3cccn3)n2)c1. The Morgan fingerprint density at radius 3 is 2.57 bits per heavy atom. The molecule has 5 nitrogen and oxygen atoms in total. The van der Waals surface area contributed by atoms with Crippen molar-refractivity contribution >= 4 is 0 Å². The summed E-state index contributed by atoms with van der Waals surface area (Å²) in [6.07, 6.45) is -1.67. The lowest BCUT2D eigenvalue weighted by Crippen LogP contribution is -2.13. The molecule has 8 heteroatoms. The molecule has 2 heterocycles. The van der Waals surface area contributed by atoms with Crippen LogP contribution < -0.4 is 4.74 Å². The van der Waals surface area contributed by atoms with Crippen molar-refractivity contribution in [2.24, 2.45) is 0 Å². The molecule has 0 unspecified atom stereocenters. The third kappa shape index (κ3) is 3.15. The average molecular weight is 320 g/mol.